The highest BCUT2D eigenvalue weighted by molar-refractivity contribution is 7.14. The maximum atomic E-state index is 12.3. The predicted molar refractivity (Wildman–Crippen MR) is 108 cm³/mol. The lowest BCUT2D eigenvalue weighted by Crippen LogP contribution is -2.34. The molecule has 2 N–H and O–H groups in total. The van der Waals surface area contributed by atoms with Crippen LogP contribution in [0.4, 0.5) is 5.13 Å². The molecule has 0 spiro atoms. The monoisotopic (exact) mass is 399 g/mol. The van der Waals surface area contributed by atoms with E-state index in [-0.39, 0.29) is 24.1 Å². The van der Waals surface area contributed by atoms with Crippen molar-refractivity contribution in [3.05, 3.63) is 35.2 Å². The molecular weight excluding hydrogens is 378 g/mol. The van der Waals surface area contributed by atoms with Gasteiger partial charge in [0, 0.05) is 44.3 Å². The van der Waals surface area contributed by atoms with Crippen molar-refractivity contribution in [1.82, 2.24) is 15.3 Å². The van der Waals surface area contributed by atoms with Crippen molar-refractivity contribution in [1.29, 1.82) is 0 Å². The van der Waals surface area contributed by atoms with E-state index in [1.54, 1.807) is 0 Å². The third kappa shape index (κ3) is 5.01. The molecule has 3 rings (SSSR count). The lowest BCUT2D eigenvalue weighted by molar-refractivity contribution is -0.130. The number of amides is 3. The lowest BCUT2D eigenvalue weighted by atomic mass is 10.1. The smallest absolute Gasteiger partial charge is 0.273 e. The maximum absolute atomic E-state index is 12.3. The van der Waals surface area contributed by atoms with Crippen LogP contribution in [0.5, 0.6) is 0 Å². The first-order valence-corrected chi connectivity index (χ1v) is 9.75. The zero-order valence-electron chi connectivity index (χ0n) is 15.7. The van der Waals surface area contributed by atoms with Gasteiger partial charge in [-0.1, -0.05) is 24.3 Å². The molecule has 0 saturated heterocycles. The number of thiazole rings is 1. The highest BCUT2D eigenvalue weighted by atomic mass is 32.1. The highest BCUT2D eigenvalue weighted by Gasteiger charge is 2.22. The van der Waals surface area contributed by atoms with Crippen molar-refractivity contribution in [2.24, 2.45) is 5.10 Å². The number of nitrogens with zero attached hydrogens (tertiary/aromatic N) is 3. The Morgan fingerprint density at radius 3 is 2.64 bits per heavy atom. The van der Waals surface area contributed by atoms with Crippen molar-refractivity contribution in [3.63, 3.8) is 0 Å². The topological polar surface area (TPSA) is 104 Å². The van der Waals surface area contributed by atoms with Crippen LogP contribution < -0.4 is 10.6 Å². The molecule has 0 unspecified atom stereocenters. The molecule has 2 aromatic rings. The zero-order chi connectivity index (χ0) is 20.1. The molecule has 146 valence electrons. The molecule has 9 heteroatoms. The summed E-state index contributed by atoms with van der Waals surface area (Å²) in [5, 5.41) is 13.1. The maximum Gasteiger partial charge on any atom is 0.273 e. The number of hydrazone groups is 1. The first-order valence-electron chi connectivity index (χ1n) is 8.87. The summed E-state index contributed by atoms with van der Waals surface area (Å²) in [5.74, 6) is -0.478. The second-order valence-electron chi connectivity index (χ2n) is 6.39. The van der Waals surface area contributed by atoms with E-state index in [2.05, 4.69) is 20.7 Å². The molecule has 1 aromatic heterocycles. The molecule has 0 aliphatic carbocycles. The Morgan fingerprint density at radius 2 is 1.96 bits per heavy atom. The van der Waals surface area contributed by atoms with Crippen molar-refractivity contribution in [2.75, 3.05) is 18.9 Å². The van der Waals surface area contributed by atoms with E-state index in [9.17, 15) is 14.4 Å². The molecule has 0 bridgehead atoms. The number of carbonyl (C=O) groups is 3. The number of anilines is 1. The molecule has 2 heterocycles. The fraction of sp³-hybridized carbons (Fsp3) is 0.316. The van der Waals surface area contributed by atoms with E-state index < -0.39 is 0 Å². The zero-order valence-corrected chi connectivity index (χ0v) is 16.5. The number of nitrogens with one attached hydrogen (secondary N) is 2. The third-order valence-corrected chi connectivity index (χ3v) is 4.99. The second kappa shape index (κ2) is 8.75. The van der Waals surface area contributed by atoms with Crippen molar-refractivity contribution >= 4 is 39.9 Å². The minimum atomic E-state index is -0.339. The minimum absolute atomic E-state index is 0.0360. The van der Waals surface area contributed by atoms with Gasteiger partial charge in [0.2, 0.25) is 11.8 Å². The molecule has 0 radical (unpaired) electrons. The van der Waals surface area contributed by atoms with Crippen LogP contribution in [0.15, 0.2) is 34.7 Å². The fourth-order valence-corrected chi connectivity index (χ4v) is 3.41. The van der Waals surface area contributed by atoms with Gasteiger partial charge in [-0.25, -0.2) is 9.99 Å². The molecule has 0 atom stereocenters. The largest absolute Gasteiger partial charge is 0.356 e. The van der Waals surface area contributed by atoms with E-state index in [1.165, 1.54) is 30.3 Å². The van der Waals surface area contributed by atoms with Crippen LogP contribution >= 0.6 is 11.3 Å². The van der Waals surface area contributed by atoms with Gasteiger partial charge in [0.15, 0.2) is 5.13 Å². The van der Waals surface area contributed by atoms with Crippen LogP contribution in [0.25, 0.3) is 11.3 Å². The first-order chi connectivity index (χ1) is 13.4. The number of rotatable bonds is 6. The average molecular weight is 399 g/mol. The van der Waals surface area contributed by atoms with Gasteiger partial charge < -0.3 is 5.32 Å². The number of hydrogen-bond donors (Lipinski definition) is 2. The lowest BCUT2D eigenvalue weighted by Gasteiger charge is -2.18. The second-order valence-corrected chi connectivity index (χ2v) is 7.24. The van der Waals surface area contributed by atoms with E-state index >= 15 is 0 Å². The Morgan fingerprint density at radius 1 is 1.21 bits per heavy atom. The summed E-state index contributed by atoms with van der Waals surface area (Å²) in [6, 6.07) is 7.93. The Balaban J connectivity index is 1.61. The summed E-state index contributed by atoms with van der Waals surface area (Å²) < 4.78 is 0. The standard InChI is InChI=1S/C19H21N5O3S/c1-12(25)20-10-9-13-3-5-14(6-4-13)16-11-28-19(21-16)22-18(27)15-7-8-17(26)24(2)23-15/h3-6,11H,7-10H2,1-2H3,(H,20,25)(H,21,22,27). The summed E-state index contributed by atoms with van der Waals surface area (Å²) in [7, 11) is 1.54. The van der Waals surface area contributed by atoms with Gasteiger partial charge in [-0.2, -0.15) is 5.10 Å². The summed E-state index contributed by atoms with van der Waals surface area (Å²) in [6.45, 7) is 2.10. The van der Waals surface area contributed by atoms with E-state index in [0.29, 0.717) is 23.8 Å². The Hall–Kier alpha value is -3.07. The molecule has 0 fully saturated rings. The van der Waals surface area contributed by atoms with Crippen LogP contribution in [0, 0.1) is 0 Å². The van der Waals surface area contributed by atoms with Crippen molar-refractivity contribution in [2.45, 2.75) is 26.2 Å². The van der Waals surface area contributed by atoms with E-state index in [4.69, 9.17) is 0 Å². The van der Waals surface area contributed by atoms with Crippen LogP contribution in [0.1, 0.15) is 25.3 Å². The van der Waals surface area contributed by atoms with Crippen molar-refractivity contribution < 1.29 is 14.4 Å². The van der Waals surface area contributed by atoms with Crippen LogP contribution in [0.2, 0.25) is 0 Å². The normalized spacial score (nSPS) is 13.9. The van der Waals surface area contributed by atoms with Gasteiger partial charge in [-0.05, 0) is 12.0 Å². The molecule has 1 aromatic carbocycles. The van der Waals surface area contributed by atoms with Gasteiger partial charge in [-0.15, -0.1) is 11.3 Å². The first kappa shape index (κ1) is 19.7. The average Bonchev–Trinajstić information content (AvgIpc) is 3.12. The Labute approximate surface area is 166 Å². The number of hydrogen-bond acceptors (Lipinski definition) is 6. The third-order valence-electron chi connectivity index (χ3n) is 4.23. The van der Waals surface area contributed by atoms with Crippen LogP contribution in [-0.2, 0) is 20.8 Å². The predicted octanol–water partition coefficient (Wildman–Crippen LogP) is 2.04. The Bertz CT molecular complexity index is 920. The SMILES string of the molecule is CC(=O)NCCc1ccc(-c2csc(NC(=O)C3=NN(C)C(=O)CC3)n2)cc1. The summed E-state index contributed by atoms with van der Waals surface area (Å²) in [6.07, 6.45) is 1.37. The molecule has 1 aliphatic rings. The van der Waals surface area contributed by atoms with E-state index in [0.717, 1.165) is 23.2 Å². The van der Waals surface area contributed by atoms with E-state index in [1.807, 2.05) is 29.6 Å². The number of aromatic nitrogens is 1. The highest BCUT2D eigenvalue weighted by Crippen LogP contribution is 2.25. The minimum Gasteiger partial charge on any atom is -0.356 e. The number of carbonyl (C=O) groups excluding carboxylic acids is 3. The summed E-state index contributed by atoms with van der Waals surface area (Å²) in [5.41, 5.74) is 3.16. The van der Waals surface area contributed by atoms with Crippen LogP contribution in [-0.4, -0.2) is 47.0 Å². The number of benzene rings is 1. The molecule has 3 amide bonds. The van der Waals surface area contributed by atoms with Crippen molar-refractivity contribution in [3.8, 4) is 11.3 Å². The molecule has 8 nitrogen and oxygen atoms in total. The van der Waals surface area contributed by atoms with Gasteiger partial charge in [0.1, 0.15) is 5.71 Å². The molecule has 1 aliphatic heterocycles. The van der Waals surface area contributed by atoms with Gasteiger partial charge in [-0.3, -0.25) is 19.7 Å². The summed E-state index contributed by atoms with van der Waals surface area (Å²) in [4.78, 5) is 39.1. The quantitative estimate of drug-likeness (QED) is 0.776. The summed E-state index contributed by atoms with van der Waals surface area (Å²) >= 11 is 1.33. The van der Waals surface area contributed by atoms with Crippen LogP contribution in [0.3, 0.4) is 0 Å². The van der Waals surface area contributed by atoms with Gasteiger partial charge in [0.25, 0.3) is 5.91 Å². The van der Waals surface area contributed by atoms with Gasteiger partial charge in [0.05, 0.1) is 5.69 Å². The molecule has 28 heavy (non-hydrogen) atoms. The molecule has 0 saturated carbocycles. The fourth-order valence-electron chi connectivity index (χ4n) is 2.69. The Kier molecular flexibility index (Phi) is 6.15. The molecular formula is C19H21N5O3S. The van der Waals surface area contributed by atoms with Gasteiger partial charge >= 0.3 is 0 Å².